The number of aliphatic hydroxyl groups is 3. The molecular formula is C12H17NO5. The normalized spacial score (nSPS) is 16.4. The van der Waals surface area contributed by atoms with Crippen molar-refractivity contribution in [2.24, 2.45) is 0 Å². The molecule has 1 aromatic carbocycles. The standard InChI is InChI=1S/C12H17NO5/c1-7(15)9-2-11-12(18-6-17-11)3-10(9)13-4-8(16)5-14/h2-3,7-8,13-16H,4-6H2,1H3. The molecule has 0 amide bonds. The Morgan fingerprint density at radius 3 is 2.56 bits per heavy atom. The van der Waals surface area contributed by atoms with Crippen molar-refractivity contribution in [3.8, 4) is 11.5 Å². The zero-order valence-corrected chi connectivity index (χ0v) is 10.1. The van der Waals surface area contributed by atoms with Gasteiger partial charge >= 0.3 is 0 Å². The van der Waals surface area contributed by atoms with Gasteiger partial charge in [-0.2, -0.15) is 0 Å². The van der Waals surface area contributed by atoms with Crippen LogP contribution < -0.4 is 14.8 Å². The lowest BCUT2D eigenvalue weighted by atomic mass is 10.1. The highest BCUT2D eigenvalue weighted by Crippen LogP contribution is 2.39. The Labute approximate surface area is 105 Å². The Balaban J connectivity index is 2.21. The van der Waals surface area contributed by atoms with E-state index in [0.717, 1.165) is 0 Å². The van der Waals surface area contributed by atoms with E-state index in [0.29, 0.717) is 22.7 Å². The summed E-state index contributed by atoms with van der Waals surface area (Å²) in [6, 6.07) is 3.43. The van der Waals surface area contributed by atoms with Gasteiger partial charge < -0.3 is 30.1 Å². The van der Waals surface area contributed by atoms with Crippen molar-refractivity contribution in [1.29, 1.82) is 0 Å². The van der Waals surface area contributed by atoms with Crippen LogP contribution >= 0.6 is 0 Å². The van der Waals surface area contributed by atoms with E-state index >= 15 is 0 Å². The highest BCUT2D eigenvalue weighted by molar-refractivity contribution is 5.62. The molecule has 0 spiro atoms. The fourth-order valence-corrected chi connectivity index (χ4v) is 1.75. The van der Waals surface area contributed by atoms with E-state index in [1.165, 1.54) is 0 Å². The Morgan fingerprint density at radius 2 is 1.94 bits per heavy atom. The SMILES string of the molecule is CC(O)c1cc2c(cc1NCC(O)CO)OCO2. The summed E-state index contributed by atoms with van der Waals surface area (Å²) in [6.07, 6.45) is -1.52. The van der Waals surface area contributed by atoms with Gasteiger partial charge in [0, 0.05) is 23.9 Å². The van der Waals surface area contributed by atoms with Crippen LogP contribution in [0.25, 0.3) is 0 Å². The van der Waals surface area contributed by atoms with Crippen molar-refractivity contribution in [2.75, 3.05) is 25.3 Å². The van der Waals surface area contributed by atoms with Gasteiger partial charge in [-0.3, -0.25) is 0 Å². The molecule has 0 bridgehead atoms. The second kappa shape index (κ2) is 5.43. The molecule has 0 aliphatic carbocycles. The molecule has 0 aromatic heterocycles. The summed E-state index contributed by atoms with van der Waals surface area (Å²) < 4.78 is 10.5. The largest absolute Gasteiger partial charge is 0.454 e. The summed E-state index contributed by atoms with van der Waals surface area (Å²) in [6.45, 7) is 1.68. The molecule has 18 heavy (non-hydrogen) atoms. The fraction of sp³-hybridized carbons (Fsp3) is 0.500. The quantitative estimate of drug-likeness (QED) is 0.602. The van der Waals surface area contributed by atoms with Crippen LogP contribution in [-0.2, 0) is 0 Å². The number of anilines is 1. The Hall–Kier alpha value is -1.50. The number of ether oxygens (including phenoxy) is 2. The molecule has 1 aromatic rings. The van der Waals surface area contributed by atoms with E-state index in [1.54, 1.807) is 19.1 Å². The molecule has 2 atom stereocenters. The second-order valence-electron chi connectivity index (χ2n) is 4.19. The van der Waals surface area contributed by atoms with Gasteiger partial charge in [-0.05, 0) is 13.0 Å². The Kier molecular flexibility index (Phi) is 3.90. The lowest BCUT2D eigenvalue weighted by Gasteiger charge is -2.16. The molecule has 2 rings (SSSR count). The van der Waals surface area contributed by atoms with E-state index in [1.807, 2.05) is 0 Å². The van der Waals surface area contributed by atoms with Gasteiger partial charge in [-0.15, -0.1) is 0 Å². The monoisotopic (exact) mass is 255 g/mol. The molecule has 6 heteroatoms. The first-order chi connectivity index (χ1) is 8.61. The number of hydrogen-bond donors (Lipinski definition) is 4. The molecule has 0 fully saturated rings. The van der Waals surface area contributed by atoms with E-state index in [4.69, 9.17) is 14.6 Å². The van der Waals surface area contributed by atoms with Gasteiger partial charge in [0.05, 0.1) is 18.8 Å². The van der Waals surface area contributed by atoms with Crippen LogP contribution in [0, 0.1) is 0 Å². The smallest absolute Gasteiger partial charge is 0.231 e. The molecule has 1 aliphatic heterocycles. The number of fused-ring (bicyclic) bond motifs is 1. The second-order valence-corrected chi connectivity index (χ2v) is 4.19. The van der Waals surface area contributed by atoms with Crippen molar-refractivity contribution in [3.63, 3.8) is 0 Å². The maximum Gasteiger partial charge on any atom is 0.231 e. The molecule has 1 aliphatic rings. The van der Waals surface area contributed by atoms with Crippen molar-refractivity contribution in [1.82, 2.24) is 0 Å². The van der Waals surface area contributed by atoms with E-state index in [-0.39, 0.29) is 19.9 Å². The number of nitrogens with one attached hydrogen (secondary N) is 1. The third-order valence-corrected chi connectivity index (χ3v) is 2.73. The van der Waals surface area contributed by atoms with Crippen LogP contribution in [0.3, 0.4) is 0 Å². The maximum atomic E-state index is 9.71. The Morgan fingerprint density at radius 1 is 1.28 bits per heavy atom. The molecule has 100 valence electrons. The van der Waals surface area contributed by atoms with Gasteiger partial charge in [0.2, 0.25) is 6.79 Å². The number of benzene rings is 1. The highest BCUT2D eigenvalue weighted by atomic mass is 16.7. The van der Waals surface area contributed by atoms with Crippen LogP contribution in [0.4, 0.5) is 5.69 Å². The summed E-state index contributed by atoms with van der Waals surface area (Å²) >= 11 is 0. The summed E-state index contributed by atoms with van der Waals surface area (Å²) in [4.78, 5) is 0. The Bertz CT molecular complexity index is 421. The third kappa shape index (κ3) is 2.66. The fourth-order valence-electron chi connectivity index (χ4n) is 1.75. The minimum Gasteiger partial charge on any atom is -0.454 e. The number of rotatable bonds is 5. The average Bonchev–Trinajstić information content (AvgIpc) is 2.81. The molecule has 0 radical (unpaired) electrons. The molecular weight excluding hydrogens is 238 g/mol. The minimum absolute atomic E-state index is 0.164. The lowest BCUT2D eigenvalue weighted by molar-refractivity contribution is 0.105. The van der Waals surface area contributed by atoms with E-state index < -0.39 is 12.2 Å². The predicted molar refractivity (Wildman–Crippen MR) is 64.8 cm³/mol. The molecule has 0 saturated heterocycles. The van der Waals surface area contributed by atoms with Crippen LogP contribution in [0.5, 0.6) is 11.5 Å². The average molecular weight is 255 g/mol. The molecule has 4 N–H and O–H groups in total. The zero-order valence-electron chi connectivity index (χ0n) is 10.1. The van der Waals surface area contributed by atoms with E-state index in [2.05, 4.69) is 5.32 Å². The summed E-state index contributed by atoms with van der Waals surface area (Å²) in [5.74, 6) is 1.19. The summed E-state index contributed by atoms with van der Waals surface area (Å²) in [5.41, 5.74) is 1.31. The van der Waals surface area contributed by atoms with Crippen LogP contribution in [0.15, 0.2) is 12.1 Å². The van der Waals surface area contributed by atoms with Crippen molar-refractivity contribution < 1.29 is 24.8 Å². The van der Waals surface area contributed by atoms with Gasteiger partial charge in [-0.1, -0.05) is 0 Å². The summed E-state index contributed by atoms with van der Waals surface area (Å²) in [5, 5.41) is 30.8. The van der Waals surface area contributed by atoms with Crippen molar-refractivity contribution in [2.45, 2.75) is 19.1 Å². The first-order valence-corrected chi connectivity index (χ1v) is 5.76. The molecule has 1 heterocycles. The highest BCUT2D eigenvalue weighted by Gasteiger charge is 2.19. The van der Waals surface area contributed by atoms with Crippen LogP contribution in [-0.4, -0.2) is 41.4 Å². The first-order valence-electron chi connectivity index (χ1n) is 5.76. The van der Waals surface area contributed by atoms with Crippen molar-refractivity contribution >= 4 is 5.69 Å². The minimum atomic E-state index is -0.850. The van der Waals surface area contributed by atoms with Gasteiger partial charge in [-0.25, -0.2) is 0 Å². The van der Waals surface area contributed by atoms with E-state index in [9.17, 15) is 10.2 Å². The predicted octanol–water partition coefficient (Wildman–Crippen LogP) is 0.234. The lowest BCUT2D eigenvalue weighted by Crippen LogP contribution is -2.23. The van der Waals surface area contributed by atoms with Crippen molar-refractivity contribution in [3.05, 3.63) is 17.7 Å². The third-order valence-electron chi connectivity index (χ3n) is 2.73. The first kappa shape index (κ1) is 12.9. The van der Waals surface area contributed by atoms with Gasteiger partial charge in [0.15, 0.2) is 11.5 Å². The number of hydrogen-bond acceptors (Lipinski definition) is 6. The van der Waals surface area contributed by atoms with Gasteiger partial charge in [0.1, 0.15) is 0 Å². The van der Waals surface area contributed by atoms with Gasteiger partial charge in [0.25, 0.3) is 0 Å². The molecule has 2 unspecified atom stereocenters. The molecule has 0 saturated carbocycles. The number of aliphatic hydroxyl groups excluding tert-OH is 3. The zero-order chi connectivity index (χ0) is 13.1. The summed E-state index contributed by atoms with van der Waals surface area (Å²) in [7, 11) is 0. The molecule has 6 nitrogen and oxygen atoms in total. The van der Waals surface area contributed by atoms with Crippen LogP contribution in [0.1, 0.15) is 18.6 Å². The van der Waals surface area contributed by atoms with Crippen LogP contribution in [0.2, 0.25) is 0 Å². The maximum absolute atomic E-state index is 9.71. The topological polar surface area (TPSA) is 91.2 Å².